The van der Waals surface area contributed by atoms with E-state index < -0.39 is 5.41 Å². The van der Waals surface area contributed by atoms with Gasteiger partial charge in [0, 0.05) is 20.0 Å². The number of ether oxygens (including phenoxy) is 1. The number of hydrogen-bond acceptors (Lipinski definition) is 6. The fraction of sp³-hybridized carbons (Fsp3) is 0.409. The van der Waals surface area contributed by atoms with E-state index in [1.165, 1.54) is 0 Å². The highest BCUT2D eigenvalue weighted by Gasteiger charge is 2.43. The third-order valence-corrected chi connectivity index (χ3v) is 7.34. The van der Waals surface area contributed by atoms with E-state index in [1.807, 2.05) is 35.0 Å². The second-order valence-corrected chi connectivity index (χ2v) is 9.59. The molecule has 0 atom stereocenters. The monoisotopic (exact) mass is 428 g/mol. The highest BCUT2D eigenvalue weighted by molar-refractivity contribution is 7.18. The van der Waals surface area contributed by atoms with Crippen molar-refractivity contribution in [3.05, 3.63) is 51.7 Å². The molecule has 1 aliphatic carbocycles. The van der Waals surface area contributed by atoms with Crippen LogP contribution >= 0.6 is 22.7 Å². The lowest BCUT2D eigenvalue weighted by Gasteiger charge is -2.26. The van der Waals surface area contributed by atoms with Crippen molar-refractivity contribution in [2.75, 3.05) is 13.7 Å². The fourth-order valence-corrected chi connectivity index (χ4v) is 5.70. The molecular formula is C22H24N2O3S2. The van der Waals surface area contributed by atoms with E-state index >= 15 is 0 Å². The average molecular weight is 429 g/mol. The number of benzene rings is 1. The second kappa shape index (κ2) is 8.63. The quantitative estimate of drug-likeness (QED) is 0.514. The minimum Gasteiger partial charge on any atom is -0.455 e. The lowest BCUT2D eigenvalue weighted by Crippen LogP contribution is -2.36. The molecule has 1 aliphatic rings. The van der Waals surface area contributed by atoms with Gasteiger partial charge in [-0.2, -0.15) is 11.3 Å². The number of hydrogen-bond donors (Lipinski definition) is 0. The second-order valence-electron chi connectivity index (χ2n) is 7.70. The molecule has 0 unspecified atom stereocenters. The van der Waals surface area contributed by atoms with Gasteiger partial charge in [0.1, 0.15) is 0 Å². The number of likely N-dealkylation sites (N-methyl/N-ethyl adjacent to an activating group) is 1. The highest BCUT2D eigenvalue weighted by Crippen LogP contribution is 2.43. The number of carbonyl (C=O) groups excluding carboxylic acids is 2. The number of rotatable bonds is 7. The van der Waals surface area contributed by atoms with E-state index in [-0.39, 0.29) is 18.5 Å². The summed E-state index contributed by atoms with van der Waals surface area (Å²) in [7, 11) is 1.74. The largest absolute Gasteiger partial charge is 0.455 e. The predicted octanol–water partition coefficient (Wildman–Crippen LogP) is 4.66. The smallest absolute Gasteiger partial charge is 0.313 e. The van der Waals surface area contributed by atoms with Crippen molar-refractivity contribution < 1.29 is 14.3 Å². The van der Waals surface area contributed by atoms with Crippen molar-refractivity contribution in [1.82, 2.24) is 9.88 Å². The molecule has 1 fully saturated rings. The number of aromatic nitrogens is 1. The first kappa shape index (κ1) is 20.0. The van der Waals surface area contributed by atoms with E-state index in [2.05, 4.69) is 6.07 Å². The van der Waals surface area contributed by atoms with Gasteiger partial charge in [-0.1, -0.05) is 25.0 Å². The highest BCUT2D eigenvalue weighted by atomic mass is 32.1. The number of nitrogens with zero attached hydrogens (tertiary/aromatic N) is 2. The van der Waals surface area contributed by atoms with Crippen LogP contribution in [0.25, 0.3) is 10.2 Å². The number of amides is 1. The zero-order valence-electron chi connectivity index (χ0n) is 16.4. The van der Waals surface area contributed by atoms with E-state index in [9.17, 15) is 9.59 Å². The Balaban J connectivity index is 1.39. The third-order valence-electron chi connectivity index (χ3n) is 5.57. The molecule has 1 amide bonds. The zero-order valence-corrected chi connectivity index (χ0v) is 18.1. The molecule has 0 radical (unpaired) electrons. The predicted molar refractivity (Wildman–Crippen MR) is 116 cm³/mol. The molecule has 4 rings (SSSR count). The summed E-state index contributed by atoms with van der Waals surface area (Å²) in [4.78, 5) is 31.7. The third kappa shape index (κ3) is 4.51. The topological polar surface area (TPSA) is 59.5 Å². The van der Waals surface area contributed by atoms with Crippen molar-refractivity contribution in [2.45, 2.75) is 38.6 Å². The maximum atomic E-state index is 13.0. The summed E-state index contributed by atoms with van der Waals surface area (Å²) >= 11 is 3.24. The number of carbonyl (C=O) groups is 2. The standard InChI is InChI=1S/C22H24N2O3S2/c1-24(13-16-8-11-28-15-16)20(25)14-27-21(26)22(9-4-5-10-22)12-19-23-17-6-2-3-7-18(17)29-19/h2-3,6-8,11,15H,4-5,9-10,12-14H2,1H3. The molecule has 2 aromatic heterocycles. The Kier molecular flexibility index (Phi) is 5.96. The minimum absolute atomic E-state index is 0.183. The molecule has 2 heterocycles. The molecule has 1 aromatic carbocycles. The molecule has 0 bridgehead atoms. The van der Waals surface area contributed by atoms with Gasteiger partial charge in [-0.05, 0) is 47.4 Å². The number of fused-ring (bicyclic) bond motifs is 1. The summed E-state index contributed by atoms with van der Waals surface area (Å²) in [6.07, 6.45) is 4.18. The van der Waals surface area contributed by atoms with Crippen LogP contribution < -0.4 is 0 Å². The SMILES string of the molecule is CN(Cc1ccsc1)C(=O)COC(=O)C1(Cc2nc3ccccc3s2)CCCC1. The van der Waals surface area contributed by atoms with Crippen LogP contribution in [0.5, 0.6) is 0 Å². The van der Waals surface area contributed by atoms with Crippen LogP contribution in [-0.2, 0) is 27.3 Å². The van der Waals surface area contributed by atoms with Crippen LogP contribution in [0.4, 0.5) is 0 Å². The first-order valence-electron chi connectivity index (χ1n) is 9.82. The van der Waals surface area contributed by atoms with E-state index in [4.69, 9.17) is 9.72 Å². The Bertz CT molecular complexity index is 958. The molecule has 0 aliphatic heterocycles. The molecule has 0 saturated heterocycles. The molecule has 0 N–H and O–H groups in total. The van der Waals surface area contributed by atoms with E-state index in [0.717, 1.165) is 46.5 Å². The van der Waals surface area contributed by atoms with E-state index in [0.29, 0.717) is 13.0 Å². The van der Waals surface area contributed by atoms with Crippen LogP contribution in [0.1, 0.15) is 36.3 Å². The Labute approximate surface area is 178 Å². The van der Waals surface area contributed by atoms with Gasteiger partial charge in [0.05, 0.1) is 20.6 Å². The van der Waals surface area contributed by atoms with Gasteiger partial charge in [0.25, 0.3) is 5.91 Å². The molecule has 3 aromatic rings. The number of para-hydroxylation sites is 1. The van der Waals surface area contributed by atoms with Crippen molar-refractivity contribution in [2.24, 2.45) is 5.41 Å². The van der Waals surface area contributed by atoms with Crippen molar-refractivity contribution in [1.29, 1.82) is 0 Å². The van der Waals surface area contributed by atoms with Crippen molar-refractivity contribution in [3.8, 4) is 0 Å². The number of thiophene rings is 1. The molecule has 1 saturated carbocycles. The van der Waals surface area contributed by atoms with Crippen LogP contribution in [0.2, 0.25) is 0 Å². The summed E-state index contributed by atoms with van der Waals surface area (Å²) < 4.78 is 6.66. The summed E-state index contributed by atoms with van der Waals surface area (Å²) in [6, 6.07) is 10.0. The van der Waals surface area contributed by atoms with Gasteiger partial charge in [-0.3, -0.25) is 9.59 Å². The molecular weight excluding hydrogens is 404 g/mol. The summed E-state index contributed by atoms with van der Waals surface area (Å²) in [5, 5.41) is 4.96. The van der Waals surface area contributed by atoms with Gasteiger partial charge in [-0.15, -0.1) is 11.3 Å². The Morgan fingerprint density at radius 2 is 2.00 bits per heavy atom. The maximum Gasteiger partial charge on any atom is 0.313 e. The summed E-state index contributed by atoms with van der Waals surface area (Å²) in [6.45, 7) is 0.317. The minimum atomic E-state index is -0.555. The van der Waals surface area contributed by atoms with Gasteiger partial charge in [0.15, 0.2) is 6.61 Å². The summed E-state index contributed by atoms with van der Waals surface area (Å²) in [5.41, 5.74) is 1.50. The fourth-order valence-electron chi connectivity index (χ4n) is 3.93. The normalized spacial score (nSPS) is 15.5. The van der Waals surface area contributed by atoms with Gasteiger partial charge in [-0.25, -0.2) is 4.98 Å². The Hall–Kier alpha value is -2.25. The average Bonchev–Trinajstić information content (AvgIpc) is 3.46. The van der Waals surface area contributed by atoms with Crippen LogP contribution in [-0.4, -0.2) is 35.4 Å². The molecule has 29 heavy (non-hydrogen) atoms. The van der Waals surface area contributed by atoms with Crippen LogP contribution in [0.3, 0.4) is 0 Å². The lowest BCUT2D eigenvalue weighted by atomic mass is 9.83. The Morgan fingerprint density at radius 1 is 1.21 bits per heavy atom. The summed E-state index contributed by atoms with van der Waals surface area (Å²) in [5.74, 6) is -0.441. The first-order valence-corrected chi connectivity index (χ1v) is 11.6. The number of thiazole rings is 1. The van der Waals surface area contributed by atoms with Crippen molar-refractivity contribution in [3.63, 3.8) is 0 Å². The zero-order chi connectivity index (χ0) is 20.3. The molecule has 0 spiro atoms. The maximum absolute atomic E-state index is 13.0. The van der Waals surface area contributed by atoms with Crippen LogP contribution in [0, 0.1) is 5.41 Å². The Morgan fingerprint density at radius 3 is 2.72 bits per heavy atom. The van der Waals surface area contributed by atoms with Gasteiger partial charge >= 0.3 is 5.97 Å². The van der Waals surface area contributed by atoms with Crippen LogP contribution in [0.15, 0.2) is 41.1 Å². The lowest BCUT2D eigenvalue weighted by molar-refractivity contribution is -0.161. The molecule has 7 heteroatoms. The van der Waals surface area contributed by atoms with Gasteiger partial charge in [0.2, 0.25) is 0 Å². The van der Waals surface area contributed by atoms with Crippen molar-refractivity contribution >= 4 is 44.8 Å². The van der Waals surface area contributed by atoms with Gasteiger partial charge < -0.3 is 9.64 Å². The molecule has 5 nitrogen and oxygen atoms in total. The first-order chi connectivity index (χ1) is 14.1. The molecule has 152 valence electrons. The van der Waals surface area contributed by atoms with E-state index in [1.54, 1.807) is 34.6 Å². The number of esters is 1.